The summed E-state index contributed by atoms with van der Waals surface area (Å²) in [6.45, 7) is 4.08. The van der Waals surface area contributed by atoms with E-state index in [0.29, 0.717) is 5.02 Å². The maximum atomic E-state index is 6.38. The van der Waals surface area contributed by atoms with Crippen molar-refractivity contribution < 1.29 is 0 Å². The van der Waals surface area contributed by atoms with Crippen LogP contribution in [0.5, 0.6) is 0 Å². The van der Waals surface area contributed by atoms with Gasteiger partial charge in [0.05, 0.1) is 0 Å². The summed E-state index contributed by atoms with van der Waals surface area (Å²) in [4.78, 5) is 0. The van der Waals surface area contributed by atoms with Crippen molar-refractivity contribution in [3.8, 4) is 22.3 Å². The minimum Gasteiger partial charge on any atom is -0.388 e. The molecule has 1 N–H and O–H groups in total. The third-order valence-electron chi connectivity index (χ3n) is 4.88. The smallest absolute Gasteiger partial charge is 0.0418 e. The van der Waals surface area contributed by atoms with E-state index in [-0.39, 0.29) is 0 Å². The van der Waals surface area contributed by atoms with E-state index >= 15 is 0 Å². The fourth-order valence-electron chi connectivity index (χ4n) is 3.67. The van der Waals surface area contributed by atoms with Crippen molar-refractivity contribution in [1.29, 1.82) is 0 Å². The fraction of sp³-hybridized carbons (Fsp3) is 0.0400. The lowest BCUT2D eigenvalue weighted by atomic mass is 9.85. The number of anilines is 1. The third kappa shape index (κ3) is 3.11. The summed E-state index contributed by atoms with van der Waals surface area (Å²) >= 11 is 6.38. The van der Waals surface area contributed by atoms with E-state index in [4.69, 9.17) is 11.6 Å². The van der Waals surface area contributed by atoms with E-state index in [1.54, 1.807) is 0 Å². The number of benzene rings is 4. The average molecular weight is 370 g/mol. The van der Waals surface area contributed by atoms with Gasteiger partial charge < -0.3 is 5.32 Å². The first-order valence-electron chi connectivity index (χ1n) is 8.94. The Morgan fingerprint density at radius 3 is 2.33 bits per heavy atom. The molecule has 0 aromatic heterocycles. The predicted octanol–water partition coefficient (Wildman–Crippen LogP) is 7.51. The Balaban J connectivity index is 2.20. The number of rotatable bonds is 4. The van der Waals surface area contributed by atoms with Gasteiger partial charge in [-0.15, -0.1) is 0 Å². The summed E-state index contributed by atoms with van der Waals surface area (Å²) in [5.74, 6) is 0. The highest BCUT2D eigenvalue weighted by molar-refractivity contribution is 6.31. The molecule has 0 saturated carbocycles. The molecule has 0 saturated heterocycles. The average Bonchev–Trinajstić information content (AvgIpc) is 2.72. The standard InChI is InChI=1S/C25H20ClN/c1-3-17-15-19-11-7-8-12-21(19)25(18-9-5-4-6-10-18)24(17)22-16-20(26)13-14-23(22)27-2/h3-16,27H,1H2,2H3. The molecule has 132 valence electrons. The molecule has 0 aliphatic carbocycles. The van der Waals surface area contributed by atoms with Crippen LogP contribution in [0.25, 0.3) is 39.1 Å². The predicted molar refractivity (Wildman–Crippen MR) is 119 cm³/mol. The van der Waals surface area contributed by atoms with Crippen LogP contribution in [0, 0.1) is 0 Å². The lowest BCUT2D eigenvalue weighted by molar-refractivity contribution is 1.50. The monoisotopic (exact) mass is 369 g/mol. The van der Waals surface area contributed by atoms with E-state index in [2.05, 4.69) is 66.5 Å². The summed E-state index contributed by atoms with van der Waals surface area (Å²) in [6, 6.07) is 27.1. The van der Waals surface area contributed by atoms with Crippen LogP contribution in [0.2, 0.25) is 5.02 Å². The zero-order valence-corrected chi connectivity index (χ0v) is 15.9. The van der Waals surface area contributed by atoms with Crippen LogP contribution in [0.4, 0.5) is 5.69 Å². The second-order valence-corrected chi connectivity index (χ2v) is 6.88. The summed E-state index contributed by atoms with van der Waals surface area (Å²) in [6.07, 6.45) is 1.93. The minimum absolute atomic E-state index is 0.714. The Kier molecular flexibility index (Phi) is 4.70. The maximum Gasteiger partial charge on any atom is 0.0418 e. The summed E-state index contributed by atoms with van der Waals surface area (Å²) in [7, 11) is 1.93. The Morgan fingerprint density at radius 1 is 0.852 bits per heavy atom. The van der Waals surface area contributed by atoms with Crippen molar-refractivity contribution >= 4 is 34.1 Å². The molecule has 1 nitrogen and oxygen atoms in total. The normalized spacial score (nSPS) is 10.7. The van der Waals surface area contributed by atoms with Crippen LogP contribution in [-0.2, 0) is 0 Å². The van der Waals surface area contributed by atoms with E-state index in [0.717, 1.165) is 22.4 Å². The lowest BCUT2D eigenvalue weighted by Crippen LogP contribution is -1.97. The van der Waals surface area contributed by atoms with Crippen LogP contribution in [0.15, 0.2) is 85.4 Å². The van der Waals surface area contributed by atoms with Crippen molar-refractivity contribution in [1.82, 2.24) is 0 Å². The Morgan fingerprint density at radius 2 is 1.59 bits per heavy atom. The van der Waals surface area contributed by atoms with Gasteiger partial charge in [-0.25, -0.2) is 0 Å². The van der Waals surface area contributed by atoms with Crippen LogP contribution >= 0.6 is 11.6 Å². The van der Waals surface area contributed by atoms with Crippen LogP contribution < -0.4 is 5.32 Å². The zero-order chi connectivity index (χ0) is 18.8. The number of hydrogen-bond acceptors (Lipinski definition) is 1. The van der Waals surface area contributed by atoms with Gasteiger partial charge in [0.2, 0.25) is 0 Å². The molecule has 0 aliphatic rings. The number of nitrogens with one attached hydrogen (secondary N) is 1. The molecule has 4 aromatic rings. The Hall–Kier alpha value is -3.03. The lowest BCUT2D eigenvalue weighted by Gasteiger charge is -2.20. The molecule has 4 aromatic carbocycles. The first-order chi connectivity index (χ1) is 13.2. The van der Waals surface area contributed by atoms with Crippen LogP contribution in [-0.4, -0.2) is 7.05 Å². The fourth-order valence-corrected chi connectivity index (χ4v) is 3.84. The molecule has 0 fully saturated rings. The van der Waals surface area contributed by atoms with Crippen molar-refractivity contribution in [2.75, 3.05) is 12.4 Å². The first-order valence-corrected chi connectivity index (χ1v) is 9.32. The maximum absolute atomic E-state index is 6.38. The molecule has 0 unspecified atom stereocenters. The highest BCUT2D eigenvalue weighted by Gasteiger charge is 2.18. The summed E-state index contributed by atoms with van der Waals surface area (Å²) < 4.78 is 0. The van der Waals surface area contributed by atoms with Gasteiger partial charge in [-0.2, -0.15) is 0 Å². The molecule has 0 heterocycles. The molecule has 0 bridgehead atoms. The van der Waals surface area contributed by atoms with E-state index in [9.17, 15) is 0 Å². The van der Waals surface area contributed by atoms with Crippen LogP contribution in [0.1, 0.15) is 5.56 Å². The van der Waals surface area contributed by atoms with Crippen molar-refractivity contribution in [3.05, 3.63) is 96.0 Å². The Bertz CT molecular complexity index is 1130. The van der Waals surface area contributed by atoms with Gasteiger partial charge in [-0.05, 0) is 57.3 Å². The molecule has 2 heteroatoms. The highest BCUT2D eigenvalue weighted by atomic mass is 35.5. The van der Waals surface area contributed by atoms with Gasteiger partial charge in [-0.1, -0.05) is 78.9 Å². The second-order valence-electron chi connectivity index (χ2n) is 6.45. The topological polar surface area (TPSA) is 12.0 Å². The summed E-state index contributed by atoms with van der Waals surface area (Å²) in [5, 5.41) is 6.43. The number of hydrogen-bond donors (Lipinski definition) is 1. The molecule has 0 amide bonds. The van der Waals surface area contributed by atoms with Crippen LogP contribution in [0.3, 0.4) is 0 Å². The van der Waals surface area contributed by atoms with E-state index < -0.39 is 0 Å². The molecular formula is C25H20ClN. The van der Waals surface area contributed by atoms with E-state index in [1.165, 1.54) is 21.9 Å². The molecule has 0 aliphatic heterocycles. The number of fused-ring (bicyclic) bond motifs is 1. The molecule has 0 radical (unpaired) electrons. The molecular weight excluding hydrogens is 350 g/mol. The second kappa shape index (κ2) is 7.30. The summed E-state index contributed by atoms with van der Waals surface area (Å²) in [5.41, 5.74) is 6.71. The highest BCUT2D eigenvalue weighted by Crippen LogP contribution is 2.44. The molecule has 0 spiro atoms. The molecule has 0 atom stereocenters. The van der Waals surface area contributed by atoms with Crippen molar-refractivity contribution in [2.24, 2.45) is 0 Å². The van der Waals surface area contributed by atoms with Gasteiger partial charge in [0.1, 0.15) is 0 Å². The first kappa shape index (κ1) is 17.4. The molecule has 27 heavy (non-hydrogen) atoms. The third-order valence-corrected chi connectivity index (χ3v) is 5.12. The van der Waals surface area contributed by atoms with Gasteiger partial charge in [0, 0.05) is 23.3 Å². The minimum atomic E-state index is 0.714. The van der Waals surface area contributed by atoms with Crippen molar-refractivity contribution in [3.63, 3.8) is 0 Å². The van der Waals surface area contributed by atoms with E-state index in [1.807, 2.05) is 37.4 Å². The quantitative estimate of drug-likeness (QED) is 0.392. The largest absolute Gasteiger partial charge is 0.388 e. The van der Waals surface area contributed by atoms with Gasteiger partial charge in [0.15, 0.2) is 0 Å². The molecule has 4 rings (SSSR count). The SMILES string of the molecule is C=Cc1cc2ccccc2c(-c2ccccc2)c1-c1cc(Cl)ccc1NC. The van der Waals surface area contributed by atoms with Gasteiger partial charge >= 0.3 is 0 Å². The Labute approximate surface area is 164 Å². The number of halogens is 1. The van der Waals surface area contributed by atoms with Gasteiger partial charge in [0.25, 0.3) is 0 Å². The van der Waals surface area contributed by atoms with Gasteiger partial charge in [-0.3, -0.25) is 0 Å². The van der Waals surface area contributed by atoms with Crippen molar-refractivity contribution in [2.45, 2.75) is 0 Å². The zero-order valence-electron chi connectivity index (χ0n) is 15.2.